The summed E-state index contributed by atoms with van der Waals surface area (Å²) >= 11 is 11.9. The summed E-state index contributed by atoms with van der Waals surface area (Å²) in [5.41, 5.74) is 5.25. The Bertz CT molecular complexity index is 977. The Kier molecular flexibility index (Phi) is 7.13. The first-order valence-corrected chi connectivity index (χ1v) is 10.3. The van der Waals surface area contributed by atoms with Crippen molar-refractivity contribution in [3.63, 3.8) is 0 Å². The predicted octanol–water partition coefficient (Wildman–Crippen LogP) is 3.87. The number of halogens is 5. The second kappa shape index (κ2) is 9.46. The van der Waals surface area contributed by atoms with Crippen LogP contribution in [0, 0.1) is 0 Å². The molecule has 2 amide bonds. The molecule has 1 saturated heterocycles. The van der Waals surface area contributed by atoms with Crippen LogP contribution in [0.1, 0.15) is 21.5 Å². The lowest BCUT2D eigenvalue weighted by molar-refractivity contribution is -0.138. The van der Waals surface area contributed by atoms with Crippen molar-refractivity contribution in [2.75, 3.05) is 26.2 Å². The number of carbonyl (C=O) groups excluding carboxylic acids is 2. The molecule has 1 heterocycles. The highest BCUT2D eigenvalue weighted by Crippen LogP contribution is 2.34. The second-order valence-electron chi connectivity index (χ2n) is 7.21. The topological polar surface area (TPSA) is 66.6 Å². The zero-order valence-electron chi connectivity index (χ0n) is 16.3. The van der Waals surface area contributed by atoms with Crippen LogP contribution in [0.15, 0.2) is 42.5 Å². The molecule has 1 fully saturated rings. The van der Waals surface area contributed by atoms with Crippen LogP contribution in [0.3, 0.4) is 0 Å². The van der Waals surface area contributed by atoms with E-state index in [1.54, 1.807) is 24.3 Å². The lowest BCUT2D eigenvalue weighted by atomic mass is 10.0. The third-order valence-corrected chi connectivity index (χ3v) is 5.71. The molecule has 2 aromatic carbocycles. The molecule has 1 aliphatic heterocycles. The number of rotatable bonds is 4. The van der Waals surface area contributed by atoms with Gasteiger partial charge in [-0.15, -0.1) is 0 Å². The Balaban J connectivity index is 1.64. The average Bonchev–Trinajstić information content (AvgIpc) is 2.73. The number of nitrogens with two attached hydrogens (primary N) is 1. The van der Waals surface area contributed by atoms with Crippen molar-refractivity contribution >= 4 is 35.0 Å². The summed E-state index contributed by atoms with van der Waals surface area (Å²) in [6.45, 7) is 0.520. The fourth-order valence-corrected chi connectivity index (χ4v) is 3.85. The maximum Gasteiger partial charge on any atom is 0.417 e. The summed E-state index contributed by atoms with van der Waals surface area (Å²) in [5.74, 6) is -1.08. The summed E-state index contributed by atoms with van der Waals surface area (Å²) in [5, 5.41) is 0.555. The molecule has 5 nitrogen and oxygen atoms in total. The van der Waals surface area contributed by atoms with Gasteiger partial charge in [-0.05, 0) is 36.2 Å². The molecule has 31 heavy (non-hydrogen) atoms. The van der Waals surface area contributed by atoms with Gasteiger partial charge >= 0.3 is 6.18 Å². The molecule has 1 atom stereocenters. The summed E-state index contributed by atoms with van der Waals surface area (Å²) in [4.78, 5) is 28.2. The molecular formula is C21H20Cl2F3N3O2. The van der Waals surface area contributed by atoms with Gasteiger partial charge < -0.3 is 15.5 Å². The largest absolute Gasteiger partial charge is 0.417 e. The molecule has 0 saturated carbocycles. The number of nitrogens with zero attached hydrogens (tertiary/aromatic N) is 2. The van der Waals surface area contributed by atoms with Crippen LogP contribution in [0.2, 0.25) is 10.0 Å². The molecule has 0 bridgehead atoms. The zero-order chi connectivity index (χ0) is 22.8. The maximum atomic E-state index is 13.3. The van der Waals surface area contributed by atoms with Gasteiger partial charge in [0.25, 0.3) is 5.91 Å². The van der Waals surface area contributed by atoms with Crippen LogP contribution in [0.25, 0.3) is 0 Å². The molecule has 0 aromatic heterocycles. The first-order chi connectivity index (χ1) is 14.6. The molecule has 0 aliphatic carbocycles. The number of amides is 2. The minimum absolute atomic E-state index is 0.0377. The lowest BCUT2D eigenvalue weighted by Crippen LogP contribution is -2.54. The smallest absolute Gasteiger partial charge is 0.338 e. The van der Waals surface area contributed by atoms with E-state index < -0.39 is 29.3 Å². The highest BCUT2D eigenvalue weighted by Gasteiger charge is 2.37. The van der Waals surface area contributed by atoms with E-state index in [0.717, 1.165) is 23.8 Å². The molecule has 2 N–H and O–H groups in total. The van der Waals surface area contributed by atoms with Crippen LogP contribution < -0.4 is 5.73 Å². The molecular weight excluding hydrogens is 454 g/mol. The molecule has 1 unspecified atom stereocenters. The van der Waals surface area contributed by atoms with Crippen molar-refractivity contribution in [2.24, 2.45) is 5.73 Å². The van der Waals surface area contributed by atoms with E-state index in [4.69, 9.17) is 28.9 Å². The minimum atomic E-state index is -4.68. The van der Waals surface area contributed by atoms with E-state index in [0.29, 0.717) is 5.02 Å². The van der Waals surface area contributed by atoms with Crippen LogP contribution in [-0.2, 0) is 17.4 Å². The Labute approximate surface area is 187 Å². The fraction of sp³-hybridized carbons (Fsp3) is 0.333. The van der Waals surface area contributed by atoms with Gasteiger partial charge in [0.15, 0.2) is 0 Å². The van der Waals surface area contributed by atoms with Gasteiger partial charge in [-0.1, -0.05) is 41.4 Å². The summed E-state index contributed by atoms with van der Waals surface area (Å²) in [6, 6.07) is 9.17. The monoisotopic (exact) mass is 473 g/mol. The van der Waals surface area contributed by atoms with Crippen molar-refractivity contribution in [2.45, 2.75) is 18.6 Å². The Morgan fingerprint density at radius 2 is 1.61 bits per heavy atom. The van der Waals surface area contributed by atoms with Gasteiger partial charge in [0.1, 0.15) is 0 Å². The van der Waals surface area contributed by atoms with E-state index in [2.05, 4.69) is 0 Å². The van der Waals surface area contributed by atoms with Crippen molar-refractivity contribution in [1.82, 2.24) is 9.80 Å². The number of piperazine rings is 1. The molecule has 3 rings (SSSR count). The van der Waals surface area contributed by atoms with Gasteiger partial charge in [-0.25, -0.2) is 0 Å². The number of hydrogen-bond donors (Lipinski definition) is 1. The minimum Gasteiger partial charge on any atom is -0.338 e. The van der Waals surface area contributed by atoms with Crippen LogP contribution in [-0.4, -0.2) is 53.8 Å². The maximum absolute atomic E-state index is 13.3. The number of hydrogen-bond acceptors (Lipinski definition) is 3. The predicted molar refractivity (Wildman–Crippen MR) is 112 cm³/mol. The van der Waals surface area contributed by atoms with Gasteiger partial charge in [-0.3, -0.25) is 9.59 Å². The van der Waals surface area contributed by atoms with Gasteiger partial charge in [-0.2, -0.15) is 13.2 Å². The van der Waals surface area contributed by atoms with E-state index in [9.17, 15) is 22.8 Å². The van der Waals surface area contributed by atoms with E-state index >= 15 is 0 Å². The van der Waals surface area contributed by atoms with Crippen molar-refractivity contribution in [3.05, 3.63) is 69.2 Å². The van der Waals surface area contributed by atoms with Crippen LogP contribution >= 0.6 is 23.2 Å². The molecule has 0 radical (unpaired) electrons. The van der Waals surface area contributed by atoms with Crippen LogP contribution in [0.5, 0.6) is 0 Å². The van der Waals surface area contributed by atoms with Crippen molar-refractivity contribution in [1.29, 1.82) is 0 Å². The highest BCUT2D eigenvalue weighted by molar-refractivity contribution is 6.31. The van der Waals surface area contributed by atoms with Gasteiger partial charge in [0.05, 0.1) is 17.2 Å². The Morgan fingerprint density at radius 1 is 1.00 bits per heavy atom. The normalized spacial score (nSPS) is 15.7. The first kappa shape index (κ1) is 23.4. The van der Waals surface area contributed by atoms with E-state index in [1.165, 1.54) is 9.80 Å². The Hall–Kier alpha value is -2.29. The number of carbonyl (C=O) groups is 2. The summed E-state index contributed by atoms with van der Waals surface area (Å²) in [6.07, 6.45) is -4.42. The third kappa shape index (κ3) is 5.50. The molecule has 166 valence electrons. The highest BCUT2D eigenvalue weighted by atomic mass is 35.5. The number of benzene rings is 2. The second-order valence-corrected chi connectivity index (χ2v) is 8.05. The molecule has 1 aliphatic rings. The van der Waals surface area contributed by atoms with Crippen LogP contribution in [0.4, 0.5) is 13.2 Å². The lowest BCUT2D eigenvalue weighted by Gasteiger charge is -2.36. The van der Waals surface area contributed by atoms with Crippen molar-refractivity contribution < 1.29 is 22.8 Å². The summed E-state index contributed by atoms with van der Waals surface area (Å²) in [7, 11) is 0. The van der Waals surface area contributed by atoms with E-state index in [1.807, 2.05) is 0 Å². The Morgan fingerprint density at radius 3 is 2.23 bits per heavy atom. The molecule has 2 aromatic rings. The van der Waals surface area contributed by atoms with Gasteiger partial charge in [0, 0.05) is 36.2 Å². The summed E-state index contributed by atoms with van der Waals surface area (Å²) < 4.78 is 39.8. The standard InChI is InChI=1S/C21H20Cl2F3N3O2/c22-14-5-6-16(21(24,25)26)15(12-14)19(30)28-7-9-29(10-8-28)20(31)18(27)11-13-3-1-2-4-17(13)23/h1-6,12,18H,7-11,27H2. The number of alkyl halides is 3. The molecule has 10 heteroatoms. The molecule has 0 spiro atoms. The third-order valence-electron chi connectivity index (χ3n) is 5.11. The van der Waals surface area contributed by atoms with Crippen molar-refractivity contribution in [3.8, 4) is 0 Å². The zero-order valence-corrected chi connectivity index (χ0v) is 17.8. The average molecular weight is 474 g/mol. The SMILES string of the molecule is NC(Cc1ccccc1Cl)C(=O)N1CCN(C(=O)c2cc(Cl)ccc2C(F)(F)F)CC1. The quantitative estimate of drug-likeness (QED) is 0.732. The van der Waals surface area contributed by atoms with Gasteiger partial charge in [0.2, 0.25) is 5.91 Å². The fourth-order valence-electron chi connectivity index (χ4n) is 3.46. The van der Waals surface area contributed by atoms with E-state index in [-0.39, 0.29) is 43.5 Å². The first-order valence-electron chi connectivity index (χ1n) is 9.51.